The number of phenolic OH excluding ortho intramolecular Hbond substituents is 1. The van der Waals surface area contributed by atoms with Gasteiger partial charge in [-0.15, -0.1) is 29.3 Å². The Bertz CT molecular complexity index is 3600. The predicted molar refractivity (Wildman–Crippen MR) is 271 cm³/mol. The molecular formula is C61H48N3O2Pt-. The second-order valence-electron chi connectivity index (χ2n) is 18.7. The van der Waals surface area contributed by atoms with Gasteiger partial charge in [-0.1, -0.05) is 185 Å². The number of rotatable bonds is 8. The molecule has 0 fully saturated rings. The monoisotopic (exact) mass is 1050 g/mol. The summed E-state index contributed by atoms with van der Waals surface area (Å²) in [5, 5.41) is 13.8. The van der Waals surface area contributed by atoms with Crippen molar-refractivity contribution in [2.75, 3.05) is 0 Å². The summed E-state index contributed by atoms with van der Waals surface area (Å²) in [5.41, 5.74) is 15.9. The van der Waals surface area contributed by atoms with Crippen LogP contribution in [-0.2, 0) is 31.9 Å². The smallest absolute Gasteiger partial charge is 0.148 e. The SMILES string of the molecule is CC(C)(C)c1cc(-c2cc(-c3ccc(C(C)(C)c4ccccc4)cc3)ccn2)[c-]c(-c2cccc3c2nc(-c2cc4oc5ccccc5c4cc2O)n3-c2ccccc2-c2ccccc2)c1.[Pt]. The van der Waals surface area contributed by atoms with Crippen LogP contribution in [0.15, 0.2) is 199 Å². The molecule has 3 heterocycles. The number of fused-ring (bicyclic) bond motifs is 4. The van der Waals surface area contributed by atoms with Crippen molar-refractivity contribution < 1.29 is 30.6 Å². The number of pyridine rings is 1. The molecule has 0 aliphatic carbocycles. The second kappa shape index (κ2) is 17.1. The number of imidazole rings is 1. The first-order valence-electron chi connectivity index (χ1n) is 22.5. The van der Waals surface area contributed by atoms with Gasteiger partial charge in [-0.25, -0.2) is 4.98 Å². The van der Waals surface area contributed by atoms with Crippen LogP contribution in [-0.4, -0.2) is 19.6 Å². The maximum Gasteiger partial charge on any atom is 0.148 e. The first-order valence-corrected chi connectivity index (χ1v) is 22.5. The molecule has 3 aromatic heterocycles. The molecule has 0 saturated carbocycles. The molecule has 0 unspecified atom stereocenters. The van der Waals surface area contributed by atoms with E-state index in [-0.39, 0.29) is 37.6 Å². The number of benzene rings is 8. The zero-order valence-corrected chi connectivity index (χ0v) is 40.3. The number of hydrogen-bond acceptors (Lipinski definition) is 4. The molecule has 6 heteroatoms. The molecule has 330 valence electrons. The summed E-state index contributed by atoms with van der Waals surface area (Å²) in [5.74, 6) is 0.717. The van der Waals surface area contributed by atoms with Gasteiger partial charge in [-0.2, -0.15) is 0 Å². The standard InChI is InChI=1S/C61H48N3O2.Pt/c1-60(2,3)46-34-42(33-43(35-46)52-36-41(31-32-62-52)39-27-29-45(30-28-39)61(4,5)44-19-10-7-11-20-44)48-23-16-25-54-58(48)63-59(64(54)53-24-14-12-21-47(53)40-17-8-6-9-18-40)51-38-57-50(37-55(51)65)49-22-13-15-26-56(49)66-57;/h6-32,34-38,65H,1-5H3;/q-1;. The van der Waals surface area contributed by atoms with Crippen LogP contribution in [0, 0.1) is 6.07 Å². The Balaban J connectivity index is 0.00000525. The van der Waals surface area contributed by atoms with Gasteiger partial charge in [-0.3, -0.25) is 9.55 Å². The minimum absolute atomic E-state index is 0. The molecule has 0 atom stereocenters. The van der Waals surface area contributed by atoms with Gasteiger partial charge in [0, 0.05) is 54.7 Å². The Labute approximate surface area is 405 Å². The van der Waals surface area contributed by atoms with E-state index >= 15 is 0 Å². The summed E-state index contributed by atoms with van der Waals surface area (Å²) in [4.78, 5) is 10.5. The third-order valence-electron chi connectivity index (χ3n) is 13.1. The Kier molecular flexibility index (Phi) is 11.1. The number of nitrogens with zero attached hydrogens (tertiary/aromatic N) is 3. The number of furan rings is 1. The van der Waals surface area contributed by atoms with Crippen molar-refractivity contribution in [1.82, 2.24) is 14.5 Å². The van der Waals surface area contributed by atoms with Crippen LogP contribution in [0.3, 0.4) is 0 Å². The molecule has 0 saturated heterocycles. The van der Waals surface area contributed by atoms with Crippen LogP contribution >= 0.6 is 0 Å². The van der Waals surface area contributed by atoms with Gasteiger partial charge in [0.05, 0.1) is 22.3 Å². The van der Waals surface area contributed by atoms with Crippen molar-refractivity contribution in [3.63, 3.8) is 0 Å². The zero-order valence-electron chi connectivity index (χ0n) is 38.0. The summed E-state index contributed by atoms with van der Waals surface area (Å²) in [7, 11) is 0. The first kappa shape index (κ1) is 43.6. The maximum absolute atomic E-state index is 12.0. The van der Waals surface area contributed by atoms with E-state index in [0.717, 1.165) is 83.3 Å². The molecule has 0 radical (unpaired) electrons. The maximum atomic E-state index is 12.0. The molecule has 0 bridgehead atoms. The van der Waals surface area contributed by atoms with Gasteiger partial charge in [-0.05, 0) is 69.6 Å². The molecule has 67 heavy (non-hydrogen) atoms. The number of aromatic nitrogens is 3. The third kappa shape index (κ3) is 7.88. The van der Waals surface area contributed by atoms with E-state index in [1.165, 1.54) is 11.1 Å². The summed E-state index contributed by atoms with van der Waals surface area (Å²) < 4.78 is 8.57. The summed E-state index contributed by atoms with van der Waals surface area (Å²) in [6.07, 6.45) is 1.90. The van der Waals surface area contributed by atoms with Gasteiger partial charge in [0.25, 0.3) is 0 Å². The molecule has 1 N–H and O–H groups in total. The van der Waals surface area contributed by atoms with Gasteiger partial charge >= 0.3 is 0 Å². The quantitative estimate of drug-likeness (QED) is 0.154. The normalized spacial score (nSPS) is 11.9. The van der Waals surface area contributed by atoms with E-state index in [2.05, 4.69) is 191 Å². The van der Waals surface area contributed by atoms with Crippen molar-refractivity contribution in [3.05, 3.63) is 217 Å². The molecule has 0 amide bonds. The van der Waals surface area contributed by atoms with Crippen LogP contribution in [0.25, 0.3) is 94.7 Å². The molecule has 11 rings (SSSR count). The van der Waals surface area contributed by atoms with E-state index in [1.54, 1.807) is 6.07 Å². The average Bonchev–Trinajstić information content (AvgIpc) is 3.92. The average molecular weight is 1050 g/mol. The molecule has 11 aromatic rings. The van der Waals surface area contributed by atoms with E-state index in [0.29, 0.717) is 17.0 Å². The summed E-state index contributed by atoms with van der Waals surface area (Å²) in [6.45, 7) is 11.3. The Morgan fingerprint density at radius 1 is 0.522 bits per heavy atom. The van der Waals surface area contributed by atoms with E-state index in [9.17, 15) is 5.11 Å². The molecule has 0 aliphatic rings. The van der Waals surface area contributed by atoms with Crippen molar-refractivity contribution in [1.29, 1.82) is 0 Å². The molecule has 0 aliphatic heterocycles. The van der Waals surface area contributed by atoms with Crippen LogP contribution in [0.1, 0.15) is 51.3 Å². The van der Waals surface area contributed by atoms with Gasteiger partial charge in [0.2, 0.25) is 0 Å². The van der Waals surface area contributed by atoms with Crippen LogP contribution in [0.4, 0.5) is 0 Å². The minimum atomic E-state index is -0.182. The largest absolute Gasteiger partial charge is 0.507 e. The van der Waals surface area contributed by atoms with E-state index in [1.807, 2.05) is 42.6 Å². The van der Waals surface area contributed by atoms with Crippen molar-refractivity contribution in [2.24, 2.45) is 0 Å². The topological polar surface area (TPSA) is 64.1 Å². The van der Waals surface area contributed by atoms with Gasteiger partial charge in [0.15, 0.2) is 0 Å². The fourth-order valence-electron chi connectivity index (χ4n) is 9.35. The first-order chi connectivity index (χ1) is 32.0. The number of phenols is 1. The number of hydrogen-bond donors (Lipinski definition) is 1. The second-order valence-corrected chi connectivity index (χ2v) is 18.7. The van der Waals surface area contributed by atoms with Crippen molar-refractivity contribution >= 4 is 33.0 Å². The van der Waals surface area contributed by atoms with Crippen LogP contribution in [0.2, 0.25) is 0 Å². The Morgan fingerprint density at radius 3 is 1.97 bits per heavy atom. The van der Waals surface area contributed by atoms with Gasteiger partial charge < -0.3 is 9.52 Å². The van der Waals surface area contributed by atoms with Crippen molar-refractivity contribution in [2.45, 2.75) is 45.4 Å². The van der Waals surface area contributed by atoms with E-state index in [4.69, 9.17) is 14.4 Å². The number of aromatic hydroxyl groups is 1. The molecule has 8 aromatic carbocycles. The molecule has 5 nitrogen and oxygen atoms in total. The zero-order chi connectivity index (χ0) is 45.2. The molecular weight excluding hydrogens is 1000 g/mol. The predicted octanol–water partition coefficient (Wildman–Crippen LogP) is 15.8. The number of para-hydroxylation sites is 3. The fraction of sp³-hybridized carbons (Fsp3) is 0.115. The van der Waals surface area contributed by atoms with E-state index < -0.39 is 0 Å². The third-order valence-corrected chi connectivity index (χ3v) is 13.1. The Morgan fingerprint density at radius 2 is 1.19 bits per heavy atom. The molecule has 0 spiro atoms. The van der Waals surface area contributed by atoms with Crippen LogP contribution in [0.5, 0.6) is 5.75 Å². The fourth-order valence-corrected chi connectivity index (χ4v) is 9.35. The van der Waals surface area contributed by atoms with Crippen LogP contribution < -0.4 is 0 Å². The minimum Gasteiger partial charge on any atom is -0.507 e. The Hall–Kier alpha value is -7.33. The summed E-state index contributed by atoms with van der Waals surface area (Å²) in [6, 6.07) is 68.9. The summed E-state index contributed by atoms with van der Waals surface area (Å²) >= 11 is 0. The van der Waals surface area contributed by atoms with Crippen molar-refractivity contribution in [3.8, 4) is 67.5 Å². The van der Waals surface area contributed by atoms with Gasteiger partial charge in [0.1, 0.15) is 22.7 Å².